The Hall–Kier alpha value is -2.77. The predicted octanol–water partition coefficient (Wildman–Crippen LogP) is 3.05. The van der Waals surface area contributed by atoms with E-state index in [2.05, 4.69) is 9.97 Å². The Labute approximate surface area is 135 Å². The Kier molecular flexibility index (Phi) is 3.16. The van der Waals surface area contributed by atoms with Gasteiger partial charge in [-0.05, 0) is 12.1 Å². The molecule has 8 heteroatoms. The highest BCUT2D eigenvalue weighted by molar-refractivity contribution is 5.94. The molecule has 0 radical (unpaired) electrons. The molecule has 0 amide bonds. The lowest BCUT2D eigenvalue weighted by atomic mass is 10.1. The number of hydrogen-bond donors (Lipinski definition) is 1. The number of anilines is 2. The van der Waals surface area contributed by atoms with Crippen LogP contribution in [0.15, 0.2) is 36.8 Å². The molecule has 3 heterocycles. The lowest BCUT2D eigenvalue weighted by Gasteiger charge is -2.29. The average molecular weight is 333 g/mol. The van der Waals surface area contributed by atoms with Crippen molar-refractivity contribution in [3.8, 4) is 0 Å². The van der Waals surface area contributed by atoms with E-state index in [1.54, 1.807) is 17.0 Å². The zero-order valence-electron chi connectivity index (χ0n) is 12.6. The van der Waals surface area contributed by atoms with Gasteiger partial charge in [0.05, 0.1) is 18.4 Å². The highest BCUT2D eigenvalue weighted by Crippen LogP contribution is 2.31. The Morgan fingerprint density at radius 3 is 2.75 bits per heavy atom. The molecule has 0 aliphatic carbocycles. The van der Waals surface area contributed by atoms with Crippen LogP contribution in [0.2, 0.25) is 0 Å². The van der Waals surface area contributed by atoms with Crippen molar-refractivity contribution in [3.63, 3.8) is 0 Å². The summed E-state index contributed by atoms with van der Waals surface area (Å²) in [5.74, 6) is 0.413. The van der Waals surface area contributed by atoms with Crippen molar-refractivity contribution in [2.24, 2.45) is 0 Å². The molecule has 0 atom stereocenters. The van der Waals surface area contributed by atoms with Crippen molar-refractivity contribution in [3.05, 3.63) is 48.3 Å². The second-order valence-electron chi connectivity index (χ2n) is 5.79. The summed E-state index contributed by atoms with van der Waals surface area (Å²) >= 11 is 0. The molecule has 0 saturated heterocycles. The van der Waals surface area contributed by atoms with Gasteiger partial charge in [-0.3, -0.25) is 4.98 Å². The Balaban J connectivity index is 1.67. The summed E-state index contributed by atoms with van der Waals surface area (Å²) in [6, 6.07) is 5.78. The number of hydrogen-bond acceptors (Lipinski definition) is 4. The first-order valence-corrected chi connectivity index (χ1v) is 7.43. The fraction of sp³-hybridized carbons (Fsp3) is 0.250. The molecule has 4 rings (SSSR count). The third-order valence-corrected chi connectivity index (χ3v) is 4.23. The number of halogens is 3. The third-order valence-electron chi connectivity index (χ3n) is 4.23. The van der Waals surface area contributed by atoms with E-state index >= 15 is 0 Å². The number of nitrogens with two attached hydrogens (primary N) is 1. The molecule has 5 nitrogen and oxygen atoms in total. The van der Waals surface area contributed by atoms with Crippen LogP contribution in [0.4, 0.5) is 24.5 Å². The van der Waals surface area contributed by atoms with E-state index in [-0.39, 0.29) is 0 Å². The molecule has 0 fully saturated rings. The van der Waals surface area contributed by atoms with Crippen LogP contribution in [0, 0.1) is 0 Å². The second-order valence-corrected chi connectivity index (χ2v) is 5.79. The van der Waals surface area contributed by atoms with Gasteiger partial charge in [-0.25, -0.2) is 4.98 Å². The number of imidazole rings is 1. The van der Waals surface area contributed by atoms with Gasteiger partial charge in [0.15, 0.2) is 5.69 Å². The monoisotopic (exact) mass is 333 g/mol. The van der Waals surface area contributed by atoms with Gasteiger partial charge in [0.2, 0.25) is 0 Å². The first-order chi connectivity index (χ1) is 11.4. The molecule has 2 N–H and O–H groups in total. The van der Waals surface area contributed by atoms with Gasteiger partial charge in [0, 0.05) is 41.9 Å². The molecule has 1 aliphatic heterocycles. The molecule has 124 valence electrons. The molecule has 1 aliphatic rings. The van der Waals surface area contributed by atoms with E-state index in [0.29, 0.717) is 31.1 Å². The Morgan fingerprint density at radius 2 is 1.96 bits per heavy atom. The van der Waals surface area contributed by atoms with Crippen molar-refractivity contribution >= 4 is 22.1 Å². The first kappa shape index (κ1) is 14.8. The smallest absolute Gasteiger partial charge is 0.397 e. The predicted molar refractivity (Wildman–Crippen MR) is 84.4 cm³/mol. The maximum absolute atomic E-state index is 12.8. The molecule has 0 spiro atoms. The topological polar surface area (TPSA) is 60.0 Å². The van der Waals surface area contributed by atoms with Crippen LogP contribution in [-0.2, 0) is 19.3 Å². The molecule has 0 bridgehead atoms. The zero-order valence-corrected chi connectivity index (χ0v) is 12.6. The van der Waals surface area contributed by atoms with Crippen molar-refractivity contribution in [2.45, 2.75) is 19.3 Å². The standard InChI is InChI=1S/C16H14F3N5/c17-16(18,19)14-8-24-4-3-23(9-15(24)22-14)11-2-1-10-6-21-7-13(20)12(10)5-11/h1-2,5-8H,3-4,9,20H2. The minimum Gasteiger partial charge on any atom is -0.397 e. The number of benzene rings is 1. The molecule has 0 saturated carbocycles. The summed E-state index contributed by atoms with van der Waals surface area (Å²) in [5.41, 5.74) is 6.60. The molecule has 0 unspecified atom stereocenters. The Morgan fingerprint density at radius 1 is 1.12 bits per heavy atom. The van der Waals surface area contributed by atoms with Crippen LogP contribution in [-0.4, -0.2) is 21.1 Å². The number of aromatic nitrogens is 3. The van der Waals surface area contributed by atoms with Crippen LogP contribution in [0.5, 0.6) is 0 Å². The normalized spacial score (nSPS) is 14.9. The van der Waals surface area contributed by atoms with Gasteiger partial charge in [-0.1, -0.05) is 6.07 Å². The number of pyridine rings is 1. The van der Waals surface area contributed by atoms with Gasteiger partial charge >= 0.3 is 6.18 Å². The van der Waals surface area contributed by atoms with Crippen LogP contribution in [0.3, 0.4) is 0 Å². The van der Waals surface area contributed by atoms with Gasteiger partial charge in [0.25, 0.3) is 0 Å². The fourth-order valence-corrected chi connectivity index (χ4v) is 2.98. The van der Waals surface area contributed by atoms with E-state index in [1.165, 1.54) is 0 Å². The summed E-state index contributed by atoms with van der Waals surface area (Å²) in [4.78, 5) is 9.79. The quantitative estimate of drug-likeness (QED) is 0.743. The van der Waals surface area contributed by atoms with Crippen LogP contribution >= 0.6 is 0 Å². The minimum absolute atomic E-state index is 0.326. The molecule has 24 heavy (non-hydrogen) atoms. The van der Waals surface area contributed by atoms with E-state index in [0.717, 1.165) is 22.7 Å². The first-order valence-electron chi connectivity index (χ1n) is 7.43. The van der Waals surface area contributed by atoms with Crippen LogP contribution < -0.4 is 10.6 Å². The highest BCUT2D eigenvalue weighted by Gasteiger charge is 2.35. The number of nitrogens with zero attached hydrogens (tertiary/aromatic N) is 4. The number of nitrogen functional groups attached to an aromatic ring is 1. The zero-order chi connectivity index (χ0) is 16.9. The van der Waals surface area contributed by atoms with E-state index < -0.39 is 11.9 Å². The van der Waals surface area contributed by atoms with E-state index in [1.807, 2.05) is 23.1 Å². The molecule has 1 aromatic carbocycles. The maximum atomic E-state index is 12.8. The lowest BCUT2D eigenvalue weighted by Crippen LogP contribution is -2.33. The summed E-state index contributed by atoms with van der Waals surface area (Å²) in [6.45, 7) is 1.39. The van der Waals surface area contributed by atoms with E-state index in [4.69, 9.17) is 5.73 Å². The Bertz CT molecular complexity index is 916. The summed E-state index contributed by atoms with van der Waals surface area (Å²) in [6.07, 6.45) is -0.0189. The highest BCUT2D eigenvalue weighted by atomic mass is 19.4. The lowest BCUT2D eigenvalue weighted by molar-refractivity contribution is -0.141. The van der Waals surface area contributed by atoms with Crippen LogP contribution in [0.1, 0.15) is 11.5 Å². The molecular formula is C16H14F3N5. The summed E-state index contributed by atoms with van der Waals surface area (Å²) in [5, 5.41) is 1.81. The average Bonchev–Trinajstić information content (AvgIpc) is 2.98. The maximum Gasteiger partial charge on any atom is 0.434 e. The third kappa shape index (κ3) is 2.44. The minimum atomic E-state index is -4.42. The largest absolute Gasteiger partial charge is 0.434 e. The van der Waals surface area contributed by atoms with Crippen LogP contribution in [0.25, 0.3) is 10.8 Å². The van der Waals surface area contributed by atoms with Crippen molar-refractivity contribution < 1.29 is 13.2 Å². The second kappa shape index (κ2) is 5.12. The van der Waals surface area contributed by atoms with E-state index in [9.17, 15) is 13.2 Å². The number of rotatable bonds is 1. The van der Waals surface area contributed by atoms with Crippen molar-refractivity contribution in [2.75, 3.05) is 17.2 Å². The summed E-state index contributed by atoms with van der Waals surface area (Å²) in [7, 11) is 0. The van der Waals surface area contributed by atoms with Gasteiger partial charge in [0.1, 0.15) is 5.82 Å². The van der Waals surface area contributed by atoms with Gasteiger partial charge in [-0.2, -0.15) is 13.2 Å². The fourth-order valence-electron chi connectivity index (χ4n) is 2.98. The SMILES string of the molecule is Nc1cncc2ccc(N3CCn4cc(C(F)(F)F)nc4C3)cc12. The number of fused-ring (bicyclic) bond motifs is 2. The van der Waals surface area contributed by atoms with Crippen molar-refractivity contribution in [1.82, 2.24) is 14.5 Å². The molecule has 3 aromatic rings. The van der Waals surface area contributed by atoms with Crippen molar-refractivity contribution in [1.29, 1.82) is 0 Å². The van der Waals surface area contributed by atoms with Gasteiger partial charge in [-0.15, -0.1) is 0 Å². The molecular weight excluding hydrogens is 319 g/mol. The number of alkyl halides is 3. The van der Waals surface area contributed by atoms with Gasteiger partial charge < -0.3 is 15.2 Å². The summed E-state index contributed by atoms with van der Waals surface area (Å²) < 4.78 is 40.0. The molecule has 2 aromatic heterocycles.